The lowest BCUT2D eigenvalue weighted by molar-refractivity contribution is 0.0918. The van der Waals surface area contributed by atoms with Crippen molar-refractivity contribution >= 4 is 16.8 Å². The van der Waals surface area contributed by atoms with E-state index in [1.54, 1.807) is 12.4 Å². The zero-order chi connectivity index (χ0) is 17.9. The Bertz CT molecular complexity index is 918. The lowest BCUT2D eigenvalue weighted by Gasteiger charge is -2.29. The van der Waals surface area contributed by atoms with Gasteiger partial charge in [-0.15, -0.1) is 0 Å². The predicted octanol–water partition coefficient (Wildman–Crippen LogP) is 3.12. The molecule has 0 aliphatic carbocycles. The molecule has 0 bridgehead atoms. The van der Waals surface area contributed by atoms with Crippen molar-refractivity contribution in [1.29, 1.82) is 0 Å². The minimum Gasteiger partial charge on any atom is -0.349 e. The monoisotopic (exact) mass is 346 g/mol. The number of hydrogen-bond donors (Lipinski definition) is 1. The van der Waals surface area contributed by atoms with Gasteiger partial charge in [0.2, 0.25) is 0 Å². The van der Waals surface area contributed by atoms with Gasteiger partial charge in [-0.2, -0.15) is 0 Å². The predicted molar refractivity (Wildman–Crippen MR) is 103 cm³/mol. The van der Waals surface area contributed by atoms with Crippen LogP contribution in [0.25, 0.3) is 22.2 Å². The summed E-state index contributed by atoms with van der Waals surface area (Å²) in [7, 11) is 2.12. The molecule has 3 heterocycles. The first-order chi connectivity index (χ1) is 12.7. The Morgan fingerprint density at radius 3 is 2.62 bits per heavy atom. The molecule has 1 amide bonds. The van der Waals surface area contributed by atoms with Crippen molar-refractivity contribution in [3.8, 4) is 11.3 Å². The number of aromatic nitrogens is 2. The van der Waals surface area contributed by atoms with Crippen molar-refractivity contribution in [3.63, 3.8) is 0 Å². The average molecular weight is 346 g/mol. The summed E-state index contributed by atoms with van der Waals surface area (Å²) >= 11 is 0. The Labute approximate surface area is 153 Å². The zero-order valence-corrected chi connectivity index (χ0v) is 14.9. The molecule has 26 heavy (non-hydrogen) atoms. The molecule has 0 saturated carbocycles. The topological polar surface area (TPSA) is 58.1 Å². The van der Waals surface area contributed by atoms with Gasteiger partial charge in [0.15, 0.2) is 0 Å². The van der Waals surface area contributed by atoms with Crippen molar-refractivity contribution in [2.75, 3.05) is 20.1 Å². The highest BCUT2D eigenvalue weighted by Gasteiger charge is 2.21. The van der Waals surface area contributed by atoms with Gasteiger partial charge in [0.25, 0.3) is 5.91 Å². The number of carbonyl (C=O) groups is 1. The van der Waals surface area contributed by atoms with E-state index < -0.39 is 0 Å². The van der Waals surface area contributed by atoms with Gasteiger partial charge >= 0.3 is 0 Å². The van der Waals surface area contributed by atoms with E-state index in [4.69, 9.17) is 4.98 Å². The van der Waals surface area contributed by atoms with Crippen molar-refractivity contribution in [3.05, 3.63) is 60.4 Å². The maximum atomic E-state index is 13.0. The largest absolute Gasteiger partial charge is 0.349 e. The lowest BCUT2D eigenvalue weighted by atomic mass is 10.0. The first-order valence-electron chi connectivity index (χ1n) is 9.00. The Morgan fingerprint density at radius 2 is 1.85 bits per heavy atom. The molecule has 132 valence electrons. The molecule has 3 aromatic rings. The highest BCUT2D eigenvalue weighted by Crippen LogP contribution is 2.25. The average Bonchev–Trinajstić information content (AvgIpc) is 2.69. The SMILES string of the molecule is CN1CCC(NC(=O)c2cc(-c3ccncc3)nc3ccccc23)CC1. The molecular formula is C21H22N4O. The van der Waals surface area contributed by atoms with Crippen LogP contribution in [0.15, 0.2) is 54.9 Å². The summed E-state index contributed by atoms with van der Waals surface area (Å²) in [5.41, 5.74) is 3.26. The molecule has 1 aliphatic rings. The van der Waals surface area contributed by atoms with E-state index in [2.05, 4.69) is 22.2 Å². The molecule has 1 aliphatic heterocycles. The first kappa shape index (κ1) is 16.7. The number of fused-ring (bicyclic) bond motifs is 1. The maximum absolute atomic E-state index is 13.0. The van der Waals surface area contributed by atoms with Crippen molar-refractivity contribution < 1.29 is 4.79 Å². The van der Waals surface area contributed by atoms with Crippen molar-refractivity contribution in [2.24, 2.45) is 0 Å². The van der Waals surface area contributed by atoms with E-state index >= 15 is 0 Å². The van der Waals surface area contributed by atoms with Crippen LogP contribution in [0.2, 0.25) is 0 Å². The fourth-order valence-electron chi connectivity index (χ4n) is 3.45. The molecule has 0 unspecified atom stereocenters. The van der Waals surface area contributed by atoms with E-state index in [1.165, 1.54) is 0 Å². The molecule has 1 fully saturated rings. The highest BCUT2D eigenvalue weighted by atomic mass is 16.1. The number of rotatable bonds is 3. The van der Waals surface area contributed by atoms with Crippen molar-refractivity contribution in [2.45, 2.75) is 18.9 Å². The first-order valence-corrected chi connectivity index (χ1v) is 9.00. The quantitative estimate of drug-likeness (QED) is 0.792. The molecule has 1 saturated heterocycles. The van der Waals surface area contributed by atoms with Gasteiger partial charge in [0.1, 0.15) is 0 Å². The fraction of sp³-hybridized carbons (Fsp3) is 0.286. The lowest BCUT2D eigenvalue weighted by Crippen LogP contribution is -2.43. The molecule has 0 radical (unpaired) electrons. The summed E-state index contributed by atoms with van der Waals surface area (Å²) in [6.07, 6.45) is 5.46. The van der Waals surface area contributed by atoms with E-state index in [-0.39, 0.29) is 11.9 Å². The summed E-state index contributed by atoms with van der Waals surface area (Å²) in [6.45, 7) is 2.04. The number of hydrogen-bond acceptors (Lipinski definition) is 4. The second-order valence-electron chi connectivity index (χ2n) is 6.86. The molecule has 2 aromatic heterocycles. The summed E-state index contributed by atoms with van der Waals surface area (Å²) < 4.78 is 0. The molecule has 4 rings (SSSR count). The Hall–Kier alpha value is -2.79. The van der Waals surface area contributed by atoms with Crippen molar-refractivity contribution in [1.82, 2.24) is 20.2 Å². The third-order valence-electron chi connectivity index (χ3n) is 4.99. The van der Waals surface area contributed by atoms with Gasteiger partial charge in [-0.1, -0.05) is 18.2 Å². The normalized spacial score (nSPS) is 15.9. The van der Waals surface area contributed by atoms with Crippen LogP contribution in [-0.4, -0.2) is 47.0 Å². The number of pyridine rings is 2. The van der Waals surface area contributed by atoms with Gasteiger partial charge in [-0.25, -0.2) is 4.98 Å². The molecule has 5 nitrogen and oxygen atoms in total. The third-order valence-corrected chi connectivity index (χ3v) is 4.99. The van der Waals surface area contributed by atoms with Crippen LogP contribution in [0.5, 0.6) is 0 Å². The number of piperidine rings is 1. The molecule has 0 spiro atoms. The Balaban J connectivity index is 1.70. The van der Waals surface area contributed by atoms with Crippen LogP contribution in [0.4, 0.5) is 0 Å². The van der Waals surface area contributed by atoms with E-state index in [0.29, 0.717) is 5.56 Å². The van der Waals surface area contributed by atoms with Crippen LogP contribution in [-0.2, 0) is 0 Å². The second kappa shape index (κ2) is 7.22. The number of nitrogens with one attached hydrogen (secondary N) is 1. The van der Waals surface area contributed by atoms with E-state index in [9.17, 15) is 4.79 Å². The van der Waals surface area contributed by atoms with Crippen LogP contribution >= 0.6 is 0 Å². The van der Waals surface area contributed by atoms with Gasteiger partial charge in [-0.05, 0) is 57.2 Å². The summed E-state index contributed by atoms with van der Waals surface area (Å²) in [6, 6.07) is 13.8. The van der Waals surface area contributed by atoms with Gasteiger partial charge in [0.05, 0.1) is 16.8 Å². The zero-order valence-electron chi connectivity index (χ0n) is 14.9. The number of likely N-dealkylation sites (tertiary alicyclic amines) is 1. The molecule has 1 aromatic carbocycles. The number of nitrogens with zero attached hydrogens (tertiary/aromatic N) is 3. The van der Waals surface area contributed by atoms with Crippen LogP contribution in [0, 0.1) is 0 Å². The summed E-state index contributed by atoms with van der Waals surface area (Å²) in [5.74, 6) is -0.0199. The molecule has 1 N–H and O–H groups in total. The number of carbonyl (C=O) groups excluding carboxylic acids is 1. The molecular weight excluding hydrogens is 324 g/mol. The second-order valence-corrected chi connectivity index (χ2v) is 6.86. The van der Waals surface area contributed by atoms with Crippen LogP contribution in [0.1, 0.15) is 23.2 Å². The van der Waals surface area contributed by atoms with E-state index in [0.717, 1.165) is 48.1 Å². The summed E-state index contributed by atoms with van der Waals surface area (Å²) in [4.78, 5) is 24.1. The number of benzene rings is 1. The van der Waals surface area contributed by atoms with Gasteiger partial charge < -0.3 is 10.2 Å². The maximum Gasteiger partial charge on any atom is 0.252 e. The summed E-state index contributed by atoms with van der Waals surface area (Å²) in [5, 5.41) is 4.11. The standard InChI is InChI=1S/C21H22N4O/c1-25-12-8-16(9-13-25)23-21(26)18-14-20(15-6-10-22-11-7-15)24-19-5-3-2-4-17(18)19/h2-7,10-11,14,16H,8-9,12-13H2,1H3,(H,23,26). The Kier molecular flexibility index (Phi) is 4.63. The Morgan fingerprint density at radius 1 is 1.12 bits per heavy atom. The molecule has 0 atom stereocenters. The minimum absolute atomic E-state index is 0.0199. The van der Waals surface area contributed by atoms with Crippen LogP contribution < -0.4 is 5.32 Å². The minimum atomic E-state index is -0.0199. The van der Waals surface area contributed by atoms with Crippen LogP contribution in [0.3, 0.4) is 0 Å². The fourth-order valence-corrected chi connectivity index (χ4v) is 3.45. The van der Waals surface area contributed by atoms with Gasteiger partial charge in [0, 0.05) is 29.4 Å². The van der Waals surface area contributed by atoms with E-state index in [1.807, 2.05) is 42.5 Å². The van der Waals surface area contributed by atoms with Gasteiger partial charge in [-0.3, -0.25) is 9.78 Å². The number of amides is 1. The highest BCUT2D eigenvalue weighted by molar-refractivity contribution is 6.07. The smallest absolute Gasteiger partial charge is 0.252 e. The molecule has 5 heteroatoms. The third kappa shape index (κ3) is 3.44. The number of para-hydroxylation sites is 1.